The van der Waals surface area contributed by atoms with Gasteiger partial charge in [0.1, 0.15) is 23.2 Å². The number of aromatic nitrogens is 2. The van der Waals surface area contributed by atoms with Crippen LogP contribution < -0.4 is 0 Å². The second kappa shape index (κ2) is 10.3. The van der Waals surface area contributed by atoms with Crippen LogP contribution >= 0.6 is 11.6 Å². The minimum absolute atomic E-state index is 0.0166. The van der Waals surface area contributed by atoms with Crippen molar-refractivity contribution in [2.24, 2.45) is 7.05 Å². The molecule has 0 amide bonds. The van der Waals surface area contributed by atoms with Gasteiger partial charge in [-0.15, -0.1) is 0 Å². The molecule has 7 heteroatoms. The summed E-state index contributed by atoms with van der Waals surface area (Å²) in [5.41, 5.74) is 5.68. The maximum atomic E-state index is 14.0. The minimum atomic E-state index is -0.661. The zero-order chi connectivity index (χ0) is 26.1. The predicted molar refractivity (Wildman–Crippen MR) is 140 cm³/mol. The van der Waals surface area contributed by atoms with Crippen molar-refractivity contribution in [3.63, 3.8) is 0 Å². The molecular formula is C30H25ClF2N2O2. The highest BCUT2D eigenvalue weighted by atomic mass is 35.5. The number of hydrogen-bond donors (Lipinski definition) is 1. The summed E-state index contributed by atoms with van der Waals surface area (Å²) in [7, 11) is 1.87. The van der Waals surface area contributed by atoms with Gasteiger partial charge in [0.2, 0.25) is 0 Å². The van der Waals surface area contributed by atoms with Crippen LogP contribution in [-0.2, 0) is 24.7 Å². The summed E-state index contributed by atoms with van der Waals surface area (Å²) >= 11 is 6.09. The number of carbonyl (C=O) groups excluding carboxylic acids is 1. The van der Waals surface area contributed by atoms with Gasteiger partial charge in [0.15, 0.2) is 0 Å². The molecule has 0 radical (unpaired) electrons. The zero-order valence-electron chi connectivity index (χ0n) is 20.2. The molecule has 0 aliphatic heterocycles. The molecule has 1 aliphatic rings. The van der Waals surface area contributed by atoms with Gasteiger partial charge in [-0.25, -0.2) is 13.8 Å². The number of benzene rings is 3. The summed E-state index contributed by atoms with van der Waals surface area (Å²) < 4.78 is 29.9. The first kappa shape index (κ1) is 24.9. The molecule has 0 bridgehead atoms. The third kappa shape index (κ3) is 5.49. The lowest BCUT2D eigenvalue weighted by molar-refractivity contribution is -0.118. The first-order valence-electron chi connectivity index (χ1n) is 12.0. The summed E-state index contributed by atoms with van der Waals surface area (Å²) in [4.78, 5) is 18.0. The van der Waals surface area contributed by atoms with E-state index in [1.165, 1.54) is 12.1 Å². The number of phenols is 1. The first-order valence-corrected chi connectivity index (χ1v) is 12.4. The van der Waals surface area contributed by atoms with Gasteiger partial charge in [0.05, 0.1) is 17.7 Å². The summed E-state index contributed by atoms with van der Waals surface area (Å²) in [5.74, 6) is -1.59. The highest BCUT2D eigenvalue weighted by Gasteiger charge is 2.26. The lowest BCUT2D eigenvalue weighted by Crippen LogP contribution is -2.12. The molecule has 0 spiro atoms. The van der Waals surface area contributed by atoms with E-state index in [4.69, 9.17) is 11.6 Å². The van der Waals surface area contributed by atoms with Crippen LogP contribution in [0.1, 0.15) is 41.1 Å². The van der Waals surface area contributed by atoms with Gasteiger partial charge in [0, 0.05) is 42.5 Å². The normalized spacial score (nSPS) is 13.4. The van der Waals surface area contributed by atoms with Crippen molar-refractivity contribution >= 4 is 23.0 Å². The van der Waals surface area contributed by atoms with Gasteiger partial charge in [-0.2, -0.15) is 0 Å². The van der Waals surface area contributed by atoms with Crippen molar-refractivity contribution in [2.75, 3.05) is 0 Å². The highest BCUT2D eigenvalue weighted by Crippen LogP contribution is 2.36. The van der Waals surface area contributed by atoms with E-state index in [2.05, 4.69) is 4.98 Å². The van der Waals surface area contributed by atoms with Crippen LogP contribution in [0.3, 0.4) is 0 Å². The summed E-state index contributed by atoms with van der Waals surface area (Å²) in [5, 5.41) is 10.5. The van der Waals surface area contributed by atoms with Crippen molar-refractivity contribution in [2.45, 2.75) is 31.6 Å². The van der Waals surface area contributed by atoms with E-state index < -0.39 is 17.6 Å². The van der Waals surface area contributed by atoms with Gasteiger partial charge >= 0.3 is 0 Å². The number of aromatic hydroxyl groups is 1. The number of imidazole rings is 1. The lowest BCUT2D eigenvalue weighted by atomic mass is 9.87. The molecule has 0 saturated heterocycles. The number of hydrogen-bond acceptors (Lipinski definition) is 3. The molecule has 3 aromatic carbocycles. The van der Waals surface area contributed by atoms with Crippen LogP contribution in [0.4, 0.5) is 8.78 Å². The number of allylic oxidation sites excluding steroid dienone is 2. The second-order valence-electron chi connectivity index (χ2n) is 9.47. The molecule has 1 aliphatic carbocycles. The standard InChI is InChI=1S/C30H25ClF2N2O2/c1-35-17-34-29(30(35)20-4-7-23(31)8-5-20)22(10-18-11-24(32)15-25(33)12-18)14-27(37)13-21-3-2-19-6-9-26(36)16-28(19)21/h3-9,11-12,15-17,22,36H,2,10,13-14H2,1H3. The predicted octanol–water partition coefficient (Wildman–Crippen LogP) is 7.04. The molecule has 1 unspecified atom stereocenters. The van der Waals surface area contributed by atoms with Gasteiger partial charge in [-0.05, 0) is 71.5 Å². The van der Waals surface area contributed by atoms with Crippen molar-refractivity contribution in [3.8, 4) is 17.0 Å². The third-order valence-corrected chi connectivity index (χ3v) is 7.00. The monoisotopic (exact) mass is 518 g/mol. The van der Waals surface area contributed by atoms with Crippen LogP contribution in [0.15, 0.2) is 73.1 Å². The van der Waals surface area contributed by atoms with Crippen molar-refractivity contribution < 1.29 is 18.7 Å². The maximum Gasteiger partial charge on any atom is 0.137 e. The summed E-state index contributed by atoms with van der Waals surface area (Å²) in [6.07, 6.45) is 4.99. The fraction of sp³-hybridized carbons (Fsp3) is 0.200. The van der Waals surface area contributed by atoms with Crippen LogP contribution in [0.25, 0.3) is 16.8 Å². The van der Waals surface area contributed by atoms with E-state index in [0.717, 1.165) is 34.0 Å². The van der Waals surface area contributed by atoms with E-state index in [-0.39, 0.29) is 30.8 Å². The lowest BCUT2D eigenvalue weighted by Gasteiger charge is -2.18. The van der Waals surface area contributed by atoms with Crippen molar-refractivity contribution in [1.82, 2.24) is 9.55 Å². The minimum Gasteiger partial charge on any atom is -0.508 e. The molecule has 1 aromatic heterocycles. The zero-order valence-corrected chi connectivity index (χ0v) is 21.0. The molecule has 1 N–H and O–H groups in total. The Morgan fingerprint density at radius 3 is 2.54 bits per heavy atom. The van der Waals surface area contributed by atoms with Crippen molar-refractivity contribution in [1.29, 1.82) is 0 Å². The molecule has 4 nitrogen and oxygen atoms in total. The van der Waals surface area contributed by atoms with Crippen LogP contribution in [-0.4, -0.2) is 20.4 Å². The van der Waals surface area contributed by atoms with Gasteiger partial charge in [-0.3, -0.25) is 4.79 Å². The van der Waals surface area contributed by atoms with E-state index in [9.17, 15) is 18.7 Å². The molecule has 4 aromatic rings. The summed E-state index contributed by atoms with van der Waals surface area (Å²) in [6.45, 7) is 0. The fourth-order valence-corrected chi connectivity index (χ4v) is 5.22. The average molecular weight is 519 g/mol. The van der Waals surface area contributed by atoms with E-state index in [1.54, 1.807) is 30.6 Å². The fourth-order valence-electron chi connectivity index (χ4n) is 5.10. The topological polar surface area (TPSA) is 55.1 Å². The number of halogens is 3. The smallest absolute Gasteiger partial charge is 0.137 e. The number of ketones is 1. The molecular weight excluding hydrogens is 494 g/mol. The Morgan fingerprint density at radius 1 is 1.08 bits per heavy atom. The van der Waals surface area contributed by atoms with Crippen LogP contribution in [0.2, 0.25) is 5.02 Å². The van der Waals surface area contributed by atoms with Gasteiger partial charge < -0.3 is 9.67 Å². The van der Waals surface area contributed by atoms with E-state index in [0.29, 0.717) is 22.7 Å². The quantitative estimate of drug-likeness (QED) is 0.272. The van der Waals surface area contributed by atoms with Gasteiger partial charge in [-0.1, -0.05) is 35.9 Å². The molecule has 5 rings (SSSR count). The van der Waals surface area contributed by atoms with Gasteiger partial charge in [0.25, 0.3) is 0 Å². The van der Waals surface area contributed by atoms with Crippen LogP contribution in [0.5, 0.6) is 5.75 Å². The number of phenolic OH excluding ortho intramolecular Hbond substituents is 1. The summed E-state index contributed by atoms with van der Waals surface area (Å²) in [6, 6.07) is 16.0. The third-order valence-electron chi connectivity index (χ3n) is 6.74. The number of rotatable bonds is 8. The Morgan fingerprint density at radius 2 is 1.81 bits per heavy atom. The number of Topliss-reactive ketones (excluding diaryl/α,β-unsaturated/α-hetero) is 1. The number of nitrogens with zero attached hydrogens (tertiary/aromatic N) is 2. The number of carbonyl (C=O) groups is 1. The van der Waals surface area contributed by atoms with E-state index in [1.807, 2.05) is 35.9 Å². The number of aryl methyl sites for hydroxylation is 1. The first-order chi connectivity index (χ1) is 17.8. The average Bonchev–Trinajstić information content (AvgIpc) is 3.41. The second-order valence-corrected chi connectivity index (χ2v) is 9.91. The largest absolute Gasteiger partial charge is 0.508 e. The Bertz CT molecular complexity index is 1490. The Balaban J connectivity index is 1.47. The molecule has 1 atom stereocenters. The Labute approximate surface area is 218 Å². The van der Waals surface area contributed by atoms with Crippen LogP contribution in [0, 0.1) is 11.6 Å². The maximum absolute atomic E-state index is 14.0. The van der Waals surface area contributed by atoms with E-state index >= 15 is 0 Å². The van der Waals surface area contributed by atoms with Crippen molar-refractivity contribution in [3.05, 3.63) is 112 Å². The molecule has 188 valence electrons. The molecule has 0 saturated carbocycles. The SMILES string of the molecule is Cn1cnc(C(CC(=O)CC2=CCc3ccc(O)cc32)Cc2cc(F)cc(F)c2)c1-c1ccc(Cl)cc1. The molecule has 1 heterocycles. The highest BCUT2D eigenvalue weighted by molar-refractivity contribution is 6.30. The Hall–Kier alpha value is -3.77. The number of fused-ring (bicyclic) bond motifs is 1. The molecule has 0 fully saturated rings. The Kier molecular flexibility index (Phi) is 6.94. The molecule has 37 heavy (non-hydrogen) atoms.